The molecule has 0 bridgehead atoms. The summed E-state index contributed by atoms with van der Waals surface area (Å²) in [5, 5.41) is 4.90. The quantitative estimate of drug-likeness (QED) is 0.627. The molecule has 0 radical (unpaired) electrons. The lowest BCUT2D eigenvalue weighted by Gasteiger charge is -1.97. The molecule has 0 atom stereocenters. The maximum absolute atomic E-state index is 10.8. The molecule has 0 amide bonds. The van der Waals surface area contributed by atoms with Crippen molar-refractivity contribution in [2.24, 2.45) is 5.14 Å². The van der Waals surface area contributed by atoms with Gasteiger partial charge in [-0.25, -0.2) is 13.6 Å². The fraction of sp³-hybridized carbons (Fsp3) is 0.143. The predicted molar refractivity (Wildman–Crippen MR) is 44.4 cm³/mol. The van der Waals surface area contributed by atoms with Crippen molar-refractivity contribution in [1.82, 2.24) is 0 Å². The van der Waals surface area contributed by atoms with Crippen molar-refractivity contribution in [3.63, 3.8) is 0 Å². The number of quaternary nitrogens is 1. The summed E-state index contributed by atoms with van der Waals surface area (Å²) in [4.78, 5) is 0.139. The van der Waals surface area contributed by atoms with Gasteiger partial charge in [0.25, 0.3) is 0 Å². The summed E-state index contributed by atoms with van der Waals surface area (Å²) in [5.74, 6) is 0. The summed E-state index contributed by atoms with van der Waals surface area (Å²) in [5.41, 5.74) is 4.66. The zero-order valence-electron chi connectivity index (χ0n) is 6.53. The standard InChI is InChI=1S/C7H10N2O2S/c8-5-6-1-3-7(4-2-6)12(9,10)11/h1-4H,5,8H2,(H2,9,10,11)/p+1. The number of benzene rings is 1. The third kappa shape index (κ3) is 2.04. The second kappa shape index (κ2) is 3.22. The van der Waals surface area contributed by atoms with Crippen LogP contribution in [0, 0.1) is 0 Å². The Bertz CT molecular complexity index is 355. The number of primary sulfonamides is 1. The van der Waals surface area contributed by atoms with Crippen LogP contribution in [0.5, 0.6) is 0 Å². The van der Waals surface area contributed by atoms with Gasteiger partial charge in [0.1, 0.15) is 0 Å². The van der Waals surface area contributed by atoms with Crippen LogP contribution in [0.1, 0.15) is 5.56 Å². The highest BCUT2D eigenvalue weighted by Crippen LogP contribution is 2.07. The fourth-order valence-corrected chi connectivity index (χ4v) is 1.36. The van der Waals surface area contributed by atoms with Crippen molar-refractivity contribution in [2.75, 3.05) is 0 Å². The van der Waals surface area contributed by atoms with Crippen molar-refractivity contribution in [3.8, 4) is 0 Å². The maximum atomic E-state index is 10.8. The topological polar surface area (TPSA) is 87.8 Å². The van der Waals surface area contributed by atoms with E-state index in [1.807, 2.05) is 0 Å². The smallest absolute Gasteiger partial charge is 0.238 e. The van der Waals surface area contributed by atoms with Gasteiger partial charge in [0.2, 0.25) is 10.0 Å². The first-order valence-electron chi connectivity index (χ1n) is 3.45. The van der Waals surface area contributed by atoms with E-state index >= 15 is 0 Å². The van der Waals surface area contributed by atoms with Gasteiger partial charge in [0, 0.05) is 5.56 Å². The molecule has 5 heteroatoms. The average molecular weight is 187 g/mol. The zero-order chi connectivity index (χ0) is 9.19. The summed E-state index contributed by atoms with van der Waals surface area (Å²) in [7, 11) is -3.55. The molecular formula is C7H11N2O2S+. The summed E-state index contributed by atoms with van der Waals surface area (Å²) in [6, 6.07) is 6.37. The highest BCUT2D eigenvalue weighted by molar-refractivity contribution is 7.89. The van der Waals surface area contributed by atoms with Crippen molar-refractivity contribution in [1.29, 1.82) is 0 Å². The molecule has 0 aliphatic heterocycles. The number of hydrogen-bond donors (Lipinski definition) is 2. The summed E-state index contributed by atoms with van der Waals surface area (Å²) >= 11 is 0. The molecule has 1 aromatic carbocycles. The van der Waals surface area contributed by atoms with Gasteiger partial charge in [-0.15, -0.1) is 0 Å². The summed E-state index contributed by atoms with van der Waals surface area (Å²) < 4.78 is 21.6. The molecule has 0 aromatic heterocycles. The van der Waals surface area contributed by atoms with E-state index in [1.54, 1.807) is 12.1 Å². The zero-order valence-corrected chi connectivity index (χ0v) is 7.34. The lowest BCUT2D eigenvalue weighted by Crippen LogP contribution is -2.47. The molecular weight excluding hydrogens is 176 g/mol. The molecule has 5 N–H and O–H groups in total. The largest absolute Gasteiger partial charge is 0.354 e. The SMILES string of the molecule is NS(=O)(=O)c1ccc(C[NH3+])cc1. The minimum atomic E-state index is -3.55. The maximum Gasteiger partial charge on any atom is 0.238 e. The Balaban J connectivity index is 3.09. The van der Waals surface area contributed by atoms with Gasteiger partial charge in [-0.2, -0.15) is 0 Å². The van der Waals surface area contributed by atoms with E-state index in [2.05, 4.69) is 5.73 Å². The van der Waals surface area contributed by atoms with Gasteiger partial charge in [-0.1, -0.05) is 12.1 Å². The highest BCUT2D eigenvalue weighted by atomic mass is 32.2. The summed E-state index contributed by atoms with van der Waals surface area (Å²) in [6.45, 7) is 0.644. The van der Waals surface area contributed by atoms with Crippen LogP contribution in [-0.4, -0.2) is 8.42 Å². The van der Waals surface area contributed by atoms with Crippen LogP contribution in [-0.2, 0) is 16.6 Å². The first-order chi connectivity index (χ1) is 5.54. The normalized spacial score (nSPS) is 11.5. The Morgan fingerprint density at radius 3 is 2.08 bits per heavy atom. The van der Waals surface area contributed by atoms with Crippen LogP contribution in [0.4, 0.5) is 0 Å². The highest BCUT2D eigenvalue weighted by Gasteiger charge is 2.05. The van der Waals surface area contributed by atoms with Gasteiger partial charge in [0.05, 0.1) is 11.4 Å². The number of hydrogen-bond acceptors (Lipinski definition) is 2. The van der Waals surface area contributed by atoms with Gasteiger partial charge in [0.15, 0.2) is 0 Å². The van der Waals surface area contributed by atoms with Crippen LogP contribution in [0.3, 0.4) is 0 Å². The molecule has 0 unspecified atom stereocenters. The monoisotopic (exact) mass is 187 g/mol. The molecule has 0 saturated heterocycles. The van der Waals surface area contributed by atoms with Gasteiger partial charge < -0.3 is 5.73 Å². The van der Waals surface area contributed by atoms with E-state index in [-0.39, 0.29) is 4.90 Å². The Morgan fingerprint density at radius 2 is 1.75 bits per heavy atom. The van der Waals surface area contributed by atoms with E-state index in [4.69, 9.17) is 5.14 Å². The lowest BCUT2D eigenvalue weighted by molar-refractivity contribution is -0.386. The van der Waals surface area contributed by atoms with Crippen LogP contribution in [0.2, 0.25) is 0 Å². The van der Waals surface area contributed by atoms with Crippen molar-refractivity contribution < 1.29 is 14.2 Å². The molecule has 0 spiro atoms. The van der Waals surface area contributed by atoms with Crippen molar-refractivity contribution in [2.45, 2.75) is 11.4 Å². The third-order valence-corrected chi connectivity index (χ3v) is 2.47. The lowest BCUT2D eigenvalue weighted by atomic mass is 10.2. The number of sulfonamides is 1. The molecule has 66 valence electrons. The van der Waals surface area contributed by atoms with E-state index in [0.717, 1.165) is 5.56 Å². The van der Waals surface area contributed by atoms with Gasteiger partial charge >= 0.3 is 0 Å². The molecule has 4 nitrogen and oxygen atoms in total. The summed E-state index contributed by atoms with van der Waals surface area (Å²) in [6.07, 6.45) is 0. The molecule has 0 heterocycles. The Kier molecular flexibility index (Phi) is 2.46. The first-order valence-corrected chi connectivity index (χ1v) is 4.99. The van der Waals surface area contributed by atoms with Crippen molar-refractivity contribution in [3.05, 3.63) is 29.8 Å². The first kappa shape index (κ1) is 9.18. The Morgan fingerprint density at radius 1 is 1.25 bits per heavy atom. The fourth-order valence-electron chi connectivity index (χ4n) is 0.846. The number of nitrogens with two attached hydrogens (primary N) is 1. The van der Waals surface area contributed by atoms with Crippen LogP contribution in [0.15, 0.2) is 29.2 Å². The molecule has 0 saturated carbocycles. The van der Waals surface area contributed by atoms with Gasteiger partial charge in [-0.05, 0) is 12.1 Å². The Hall–Kier alpha value is -0.910. The molecule has 12 heavy (non-hydrogen) atoms. The molecule has 0 fully saturated rings. The van der Waals surface area contributed by atoms with Gasteiger partial charge in [-0.3, -0.25) is 0 Å². The van der Waals surface area contributed by atoms with Crippen molar-refractivity contribution >= 4 is 10.0 Å². The third-order valence-electron chi connectivity index (χ3n) is 1.54. The van der Waals surface area contributed by atoms with Crippen LogP contribution in [0.25, 0.3) is 0 Å². The van der Waals surface area contributed by atoms with E-state index < -0.39 is 10.0 Å². The second-order valence-corrected chi connectivity index (χ2v) is 4.00. The second-order valence-electron chi connectivity index (χ2n) is 2.44. The molecule has 1 aromatic rings. The predicted octanol–water partition coefficient (Wildman–Crippen LogP) is -0.924. The van der Waals surface area contributed by atoms with Crippen LogP contribution >= 0.6 is 0 Å². The molecule has 1 rings (SSSR count). The van der Waals surface area contributed by atoms with E-state index in [9.17, 15) is 8.42 Å². The van der Waals surface area contributed by atoms with Crippen LogP contribution < -0.4 is 10.9 Å². The van der Waals surface area contributed by atoms with E-state index in [0.29, 0.717) is 6.54 Å². The minimum absolute atomic E-state index is 0.139. The number of rotatable bonds is 2. The van der Waals surface area contributed by atoms with E-state index in [1.165, 1.54) is 12.1 Å². The Labute approximate surface area is 71.2 Å². The average Bonchev–Trinajstić information content (AvgIpc) is 2.03. The molecule has 0 aliphatic carbocycles. The minimum Gasteiger partial charge on any atom is -0.354 e. The molecule has 0 aliphatic rings.